The van der Waals surface area contributed by atoms with Crippen LogP contribution < -0.4 is 11.1 Å². The molecule has 3 N–H and O–H groups in total. The number of fused-ring (bicyclic) bond motifs is 1. The van der Waals surface area contributed by atoms with Crippen molar-refractivity contribution in [1.29, 1.82) is 0 Å². The van der Waals surface area contributed by atoms with Crippen molar-refractivity contribution in [3.63, 3.8) is 0 Å². The molecule has 0 unspecified atom stereocenters. The van der Waals surface area contributed by atoms with E-state index < -0.39 is 11.7 Å². The number of anilines is 2. The summed E-state index contributed by atoms with van der Waals surface area (Å²) in [6.07, 6.45) is -0.650. The summed E-state index contributed by atoms with van der Waals surface area (Å²) in [6.45, 7) is 1.75. The van der Waals surface area contributed by atoms with Crippen LogP contribution in [0.4, 0.5) is 24.7 Å². The number of nitrogen functional groups attached to an aromatic ring is 1. The third-order valence-electron chi connectivity index (χ3n) is 5.26. The van der Waals surface area contributed by atoms with Crippen LogP contribution in [0.3, 0.4) is 0 Å². The highest BCUT2D eigenvalue weighted by Crippen LogP contribution is 2.32. The van der Waals surface area contributed by atoms with Crippen LogP contribution in [-0.4, -0.2) is 34.7 Å². The van der Waals surface area contributed by atoms with E-state index >= 15 is 0 Å². The zero-order chi connectivity index (χ0) is 22.0. The molecule has 3 heterocycles. The molecular formula is C21H21ClF3N5O. The van der Waals surface area contributed by atoms with Crippen LogP contribution in [0, 0.1) is 0 Å². The zero-order valence-electron chi connectivity index (χ0n) is 16.5. The minimum atomic E-state index is -4.44. The molecule has 1 saturated heterocycles. The molecule has 0 radical (unpaired) electrons. The Morgan fingerprint density at radius 2 is 1.90 bits per heavy atom. The number of hydrogen-bond donors (Lipinski definition) is 2. The van der Waals surface area contributed by atoms with Gasteiger partial charge in [-0.3, -0.25) is 4.98 Å². The Labute approximate surface area is 182 Å². The van der Waals surface area contributed by atoms with E-state index in [4.69, 9.17) is 22.1 Å². The van der Waals surface area contributed by atoms with Gasteiger partial charge < -0.3 is 15.8 Å². The maximum atomic E-state index is 13.0. The normalized spacial score (nSPS) is 15.4. The fourth-order valence-electron chi connectivity index (χ4n) is 3.72. The van der Waals surface area contributed by atoms with E-state index in [9.17, 15) is 13.2 Å². The van der Waals surface area contributed by atoms with Gasteiger partial charge in [-0.25, -0.2) is 9.97 Å². The van der Waals surface area contributed by atoms with Gasteiger partial charge in [0.2, 0.25) is 5.28 Å². The summed E-state index contributed by atoms with van der Waals surface area (Å²) < 4.78 is 44.5. The second-order valence-electron chi connectivity index (χ2n) is 7.49. The van der Waals surface area contributed by atoms with E-state index in [0.717, 1.165) is 36.1 Å². The molecule has 0 bridgehead atoms. The first-order chi connectivity index (χ1) is 14.8. The van der Waals surface area contributed by atoms with Crippen molar-refractivity contribution in [3.8, 4) is 0 Å². The van der Waals surface area contributed by atoms with Gasteiger partial charge >= 0.3 is 6.18 Å². The molecule has 31 heavy (non-hydrogen) atoms. The monoisotopic (exact) mass is 451 g/mol. The maximum Gasteiger partial charge on any atom is 0.416 e. The molecule has 6 nitrogen and oxygen atoms in total. The van der Waals surface area contributed by atoms with Crippen LogP contribution in [-0.2, 0) is 17.3 Å². The Morgan fingerprint density at radius 3 is 2.65 bits per heavy atom. The second-order valence-corrected chi connectivity index (χ2v) is 7.83. The molecule has 1 aliphatic rings. The number of hydrogen-bond acceptors (Lipinski definition) is 6. The number of nitrogens with zero attached hydrogens (tertiary/aromatic N) is 3. The van der Waals surface area contributed by atoms with Crippen LogP contribution in [0.25, 0.3) is 10.9 Å². The molecular weight excluding hydrogens is 431 g/mol. The highest BCUT2D eigenvalue weighted by atomic mass is 35.5. The molecule has 10 heteroatoms. The lowest BCUT2D eigenvalue weighted by Crippen LogP contribution is -2.15. The Kier molecular flexibility index (Phi) is 6.15. The predicted octanol–water partition coefficient (Wildman–Crippen LogP) is 4.83. The van der Waals surface area contributed by atoms with Crippen LogP contribution in [0.1, 0.15) is 35.6 Å². The van der Waals surface area contributed by atoms with Gasteiger partial charge in [-0.05, 0) is 60.7 Å². The Hall–Kier alpha value is -2.65. The van der Waals surface area contributed by atoms with E-state index in [1.54, 1.807) is 6.20 Å². The van der Waals surface area contributed by atoms with Crippen molar-refractivity contribution < 1.29 is 17.9 Å². The summed E-state index contributed by atoms with van der Waals surface area (Å²) in [6, 6.07) is 5.52. The number of alkyl halides is 3. The van der Waals surface area contributed by atoms with Crippen LogP contribution in [0.15, 0.2) is 30.5 Å². The number of nitrogens with two attached hydrogens (primary N) is 1. The first-order valence-corrected chi connectivity index (χ1v) is 10.3. The Bertz CT molecular complexity index is 1090. The van der Waals surface area contributed by atoms with Gasteiger partial charge in [0.05, 0.1) is 17.3 Å². The molecule has 4 rings (SSSR count). The van der Waals surface area contributed by atoms with Gasteiger partial charge in [0.1, 0.15) is 5.82 Å². The SMILES string of the molecule is Nc1cc(CCNc2nc(Cl)nc3cnc(C4CCOCC4)cc23)cc(C(F)(F)F)c1. The Morgan fingerprint density at radius 1 is 1.13 bits per heavy atom. The highest BCUT2D eigenvalue weighted by Gasteiger charge is 2.31. The first kappa shape index (κ1) is 21.6. The standard InChI is InChI=1S/C21H21ClF3N5O/c22-20-29-18-11-28-17(13-2-5-31-6-3-13)10-16(18)19(30-20)27-4-1-12-7-14(21(23,24)25)9-15(26)8-12/h7-11,13H,1-6,26H2,(H,27,29,30). The van der Waals surface area contributed by atoms with E-state index in [0.29, 0.717) is 49.0 Å². The van der Waals surface area contributed by atoms with Gasteiger partial charge in [0.25, 0.3) is 0 Å². The number of rotatable bonds is 5. The van der Waals surface area contributed by atoms with Crippen LogP contribution >= 0.6 is 11.6 Å². The lowest BCUT2D eigenvalue weighted by Gasteiger charge is -2.21. The molecule has 1 fully saturated rings. The molecule has 0 amide bonds. The van der Waals surface area contributed by atoms with Crippen LogP contribution in [0.2, 0.25) is 5.28 Å². The van der Waals surface area contributed by atoms with Gasteiger partial charge in [-0.15, -0.1) is 0 Å². The largest absolute Gasteiger partial charge is 0.416 e. The molecule has 164 valence electrons. The van der Waals surface area contributed by atoms with Gasteiger partial charge in [0, 0.05) is 42.4 Å². The number of aromatic nitrogens is 3. The lowest BCUT2D eigenvalue weighted by atomic mass is 9.95. The van der Waals surface area contributed by atoms with E-state index in [2.05, 4.69) is 20.3 Å². The van der Waals surface area contributed by atoms with Gasteiger partial charge in [-0.1, -0.05) is 0 Å². The zero-order valence-corrected chi connectivity index (χ0v) is 17.3. The molecule has 1 aliphatic heterocycles. The summed E-state index contributed by atoms with van der Waals surface area (Å²) in [4.78, 5) is 13.0. The number of halogens is 4. The van der Waals surface area contributed by atoms with E-state index in [1.165, 1.54) is 6.07 Å². The number of ether oxygens (including phenoxy) is 1. The van der Waals surface area contributed by atoms with E-state index in [1.807, 2.05) is 6.07 Å². The smallest absolute Gasteiger partial charge is 0.399 e. The van der Waals surface area contributed by atoms with Crippen molar-refractivity contribution >= 4 is 34.0 Å². The second kappa shape index (κ2) is 8.84. The van der Waals surface area contributed by atoms with Crippen LogP contribution in [0.5, 0.6) is 0 Å². The molecule has 0 saturated carbocycles. The number of nitrogens with one attached hydrogen (secondary N) is 1. The van der Waals surface area contributed by atoms with Gasteiger partial charge in [-0.2, -0.15) is 13.2 Å². The van der Waals surface area contributed by atoms with Crippen molar-refractivity contribution in [1.82, 2.24) is 15.0 Å². The molecule has 1 aromatic carbocycles. The maximum absolute atomic E-state index is 13.0. The lowest BCUT2D eigenvalue weighted by molar-refractivity contribution is -0.137. The van der Waals surface area contributed by atoms with Crippen molar-refractivity contribution in [2.75, 3.05) is 30.8 Å². The summed E-state index contributed by atoms with van der Waals surface area (Å²) in [5.74, 6) is 0.820. The van der Waals surface area contributed by atoms with E-state index in [-0.39, 0.29) is 11.0 Å². The third-order valence-corrected chi connectivity index (χ3v) is 5.43. The molecule has 3 aromatic rings. The van der Waals surface area contributed by atoms with Crippen molar-refractivity contribution in [2.24, 2.45) is 0 Å². The summed E-state index contributed by atoms with van der Waals surface area (Å²) in [5, 5.41) is 4.01. The quantitative estimate of drug-likeness (QED) is 0.427. The highest BCUT2D eigenvalue weighted by molar-refractivity contribution is 6.28. The van der Waals surface area contributed by atoms with Gasteiger partial charge in [0.15, 0.2) is 0 Å². The molecule has 0 spiro atoms. The minimum Gasteiger partial charge on any atom is -0.399 e. The van der Waals surface area contributed by atoms with Crippen molar-refractivity contribution in [2.45, 2.75) is 31.4 Å². The summed E-state index contributed by atoms with van der Waals surface area (Å²) in [7, 11) is 0. The minimum absolute atomic E-state index is 0.0685. The molecule has 0 atom stereocenters. The topological polar surface area (TPSA) is 86.0 Å². The molecule has 0 aliphatic carbocycles. The fraction of sp³-hybridized carbons (Fsp3) is 0.381. The first-order valence-electron chi connectivity index (χ1n) is 9.91. The van der Waals surface area contributed by atoms with Crippen molar-refractivity contribution in [3.05, 3.63) is 52.6 Å². The summed E-state index contributed by atoms with van der Waals surface area (Å²) in [5.41, 5.74) is 6.98. The predicted molar refractivity (Wildman–Crippen MR) is 113 cm³/mol. The average Bonchev–Trinajstić information content (AvgIpc) is 2.73. The third kappa shape index (κ3) is 5.16. The summed E-state index contributed by atoms with van der Waals surface area (Å²) >= 11 is 6.05. The Balaban J connectivity index is 1.54. The number of benzene rings is 1. The average molecular weight is 452 g/mol. The number of pyridine rings is 1. The molecule has 2 aromatic heterocycles. The fourth-order valence-corrected chi connectivity index (χ4v) is 3.90.